The highest BCUT2D eigenvalue weighted by Crippen LogP contribution is 2.02. The monoisotopic (exact) mass is 152 g/mol. The van der Waals surface area contributed by atoms with E-state index in [2.05, 4.69) is 0 Å². The SMILES string of the molecule is CCCC(Cl)C(N)=O.N. The lowest BCUT2D eigenvalue weighted by Crippen LogP contribution is -2.22. The van der Waals surface area contributed by atoms with Crippen LogP contribution in [0.4, 0.5) is 0 Å². The summed E-state index contributed by atoms with van der Waals surface area (Å²) >= 11 is 5.44. The van der Waals surface area contributed by atoms with Gasteiger partial charge in [0.15, 0.2) is 0 Å². The Kier molecular flexibility index (Phi) is 7.48. The van der Waals surface area contributed by atoms with Gasteiger partial charge in [0.05, 0.1) is 0 Å². The van der Waals surface area contributed by atoms with Crippen LogP contribution in [0.5, 0.6) is 0 Å². The summed E-state index contributed by atoms with van der Waals surface area (Å²) in [6.07, 6.45) is 1.58. The van der Waals surface area contributed by atoms with Crippen LogP contribution in [0.15, 0.2) is 0 Å². The molecule has 0 aliphatic rings. The van der Waals surface area contributed by atoms with Gasteiger partial charge in [0.25, 0.3) is 0 Å². The van der Waals surface area contributed by atoms with E-state index in [-0.39, 0.29) is 6.15 Å². The Balaban J connectivity index is 0. The molecule has 0 aromatic carbocycles. The average molecular weight is 153 g/mol. The highest BCUT2D eigenvalue weighted by Gasteiger charge is 2.07. The third-order valence-corrected chi connectivity index (χ3v) is 1.28. The second-order valence-electron chi connectivity index (χ2n) is 1.66. The minimum Gasteiger partial charge on any atom is -0.368 e. The van der Waals surface area contributed by atoms with Gasteiger partial charge < -0.3 is 11.9 Å². The van der Waals surface area contributed by atoms with Gasteiger partial charge in [-0.2, -0.15) is 0 Å². The highest BCUT2D eigenvalue weighted by molar-refractivity contribution is 6.30. The number of carbonyl (C=O) groups excluding carboxylic acids is 1. The molecule has 56 valence electrons. The maximum absolute atomic E-state index is 10.2. The second kappa shape index (κ2) is 5.85. The summed E-state index contributed by atoms with van der Waals surface area (Å²) < 4.78 is 0. The Morgan fingerprint density at radius 3 is 2.33 bits per heavy atom. The van der Waals surface area contributed by atoms with E-state index in [9.17, 15) is 4.79 Å². The predicted octanol–water partition coefficient (Wildman–Crippen LogP) is 1.04. The van der Waals surface area contributed by atoms with Crippen molar-refractivity contribution < 1.29 is 4.79 Å². The van der Waals surface area contributed by atoms with Crippen molar-refractivity contribution >= 4 is 17.5 Å². The second-order valence-corrected chi connectivity index (χ2v) is 2.19. The van der Waals surface area contributed by atoms with E-state index in [1.165, 1.54) is 0 Å². The van der Waals surface area contributed by atoms with Crippen molar-refractivity contribution in [2.75, 3.05) is 0 Å². The molecular formula is C5H13ClN2O. The number of rotatable bonds is 3. The average Bonchev–Trinajstić information content (AvgIpc) is 1.67. The molecule has 0 heterocycles. The molecule has 1 unspecified atom stereocenters. The van der Waals surface area contributed by atoms with E-state index in [0.29, 0.717) is 6.42 Å². The quantitative estimate of drug-likeness (QED) is 0.593. The van der Waals surface area contributed by atoms with Crippen LogP contribution in [0.3, 0.4) is 0 Å². The molecule has 0 radical (unpaired) electrons. The lowest BCUT2D eigenvalue weighted by molar-refractivity contribution is -0.117. The van der Waals surface area contributed by atoms with Gasteiger partial charge >= 0.3 is 0 Å². The van der Waals surface area contributed by atoms with Crippen molar-refractivity contribution in [2.45, 2.75) is 25.1 Å². The zero-order valence-corrected chi connectivity index (χ0v) is 6.32. The van der Waals surface area contributed by atoms with Gasteiger partial charge in [-0.05, 0) is 6.42 Å². The van der Waals surface area contributed by atoms with Crippen LogP contribution in [0.2, 0.25) is 0 Å². The molecule has 0 saturated carbocycles. The number of carbonyl (C=O) groups is 1. The number of hydrogen-bond acceptors (Lipinski definition) is 2. The molecule has 0 fully saturated rings. The Labute approximate surface area is 60.1 Å². The van der Waals surface area contributed by atoms with Gasteiger partial charge in [-0.25, -0.2) is 0 Å². The number of nitrogens with two attached hydrogens (primary N) is 1. The standard InChI is InChI=1S/C5H10ClNO.H3N/c1-2-3-4(6)5(7)8;/h4H,2-3H2,1H3,(H2,7,8);1H3. The maximum Gasteiger partial charge on any atom is 0.235 e. The number of hydrogen-bond donors (Lipinski definition) is 2. The van der Waals surface area contributed by atoms with Gasteiger partial charge in [-0.1, -0.05) is 13.3 Å². The fourth-order valence-electron chi connectivity index (χ4n) is 0.396. The topological polar surface area (TPSA) is 78.1 Å². The fraction of sp³-hybridized carbons (Fsp3) is 0.800. The van der Waals surface area contributed by atoms with Gasteiger partial charge in [0.1, 0.15) is 5.38 Å². The highest BCUT2D eigenvalue weighted by atomic mass is 35.5. The minimum atomic E-state index is -0.472. The van der Waals surface area contributed by atoms with Crippen molar-refractivity contribution in [1.29, 1.82) is 0 Å². The lowest BCUT2D eigenvalue weighted by atomic mass is 10.2. The van der Waals surface area contributed by atoms with Crippen LogP contribution in [0.25, 0.3) is 0 Å². The van der Waals surface area contributed by atoms with Crippen molar-refractivity contribution in [1.82, 2.24) is 6.15 Å². The van der Waals surface area contributed by atoms with Crippen molar-refractivity contribution in [3.05, 3.63) is 0 Å². The predicted molar refractivity (Wildman–Crippen MR) is 38.8 cm³/mol. The molecule has 3 nitrogen and oxygen atoms in total. The molecule has 0 saturated heterocycles. The molecule has 0 aliphatic carbocycles. The molecular weight excluding hydrogens is 140 g/mol. The van der Waals surface area contributed by atoms with E-state index in [4.69, 9.17) is 17.3 Å². The van der Waals surface area contributed by atoms with Crippen molar-refractivity contribution in [2.24, 2.45) is 5.73 Å². The van der Waals surface area contributed by atoms with E-state index in [1.54, 1.807) is 0 Å². The first-order chi connectivity index (χ1) is 3.68. The molecule has 0 bridgehead atoms. The zero-order chi connectivity index (χ0) is 6.57. The van der Waals surface area contributed by atoms with Crippen LogP contribution >= 0.6 is 11.6 Å². The largest absolute Gasteiger partial charge is 0.368 e. The van der Waals surface area contributed by atoms with Crippen molar-refractivity contribution in [3.63, 3.8) is 0 Å². The Morgan fingerprint density at radius 1 is 1.78 bits per heavy atom. The molecule has 4 heteroatoms. The molecule has 5 N–H and O–H groups in total. The van der Waals surface area contributed by atoms with Crippen LogP contribution in [-0.2, 0) is 4.79 Å². The summed E-state index contributed by atoms with van der Waals surface area (Å²) in [6.45, 7) is 1.96. The Morgan fingerprint density at radius 2 is 2.22 bits per heavy atom. The van der Waals surface area contributed by atoms with E-state index >= 15 is 0 Å². The van der Waals surface area contributed by atoms with E-state index in [1.807, 2.05) is 6.92 Å². The van der Waals surface area contributed by atoms with Crippen LogP contribution in [0.1, 0.15) is 19.8 Å². The maximum atomic E-state index is 10.2. The summed E-state index contributed by atoms with van der Waals surface area (Å²) in [7, 11) is 0. The van der Waals surface area contributed by atoms with Gasteiger partial charge in [-0.15, -0.1) is 11.6 Å². The van der Waals surface area contributed by atoms with Crippen molar-refractivity contribution in [3.8, 4) is 0 Å². The van der Waals surface area contributed by atoms with Crippen LogP contribution in [0, 0.1) is 0 Å². The summed E-state index contributed by atoms with van der Waals surface area (Å²) in [6, 6.07) is 0. The molecule has 0 spiro atoms. The van der Waals surface area contributed by atoms with Gasteiger partial charge in [0, 0.05) is 0 Å². The smallest absolute Gasteiger partial charge is 0.235 e. The van der Waals surface area contributed by atoms with Gasteiger partial charge in [0.2, 0.25) is 5.91 Å². The summed E-state index contributed by atoms with van der Waals surface area (Å²) in [5.74, 6) is -0.423. The Hall–Kier alpha value is -0.280. The fourth-order valence-corrected chi connectivity index (χ4v) is 0.614. The summed E-state index contributed by atoms with van der Waals surface area (Å²) in [5.41, 5.74) is 4.85. The normalized spacial score (nSPS) is 11.8. The summed E-state index contributed by atoms with van der Waals surface area (Å²) in [5, 5.41) is -0.472. The molecule has 1 atom stereocenters. The first-order valence-electron chi connectivity index (χ1n) is 2.62. The molecule has 0 aromatic rings. The molecule has 1 amide bonds. The number of alkyl halides is 1. The third-order valence-electron chi connectivity index (χ3n) is 0.851. The molecule has 0 aliphatic heterocycles. The molecule has 0 aromatic heterocycles. The summed E-state index contributed by atoms with van der Waals surface area (Å²) in [4.78, 5) is 10.2. The van der Waals surface area contributed by atoms with Gasteiger partial charge in [-0.3, -0.25) is 4.79 Å². The Bertz CT molecular complexity index is 87.0. The lowest BCUT2D eigenvalue weighted by Gasteiger charge is -1.98. The van der Waals surface area contributed by atoms with Crippen LogP contribution < -0.4 is 11.9 Å². The first kappa shape index (κ1) is 11.5. The number of halogens is 1. The molecule has 0 rings (SSSR count). The number of amides is 1. The van der Waals surface area contributed by atoms with E-state index in [0.717, 1.165) is 6.42 Å². The molecule has 9 heavy (non-hydrogen) atoms. The first-order valence-corrected chi connectivity index (χ1v) is 3.05. The zero-order valence-electron chi connectivity index (χ0n) is 5.56. The number of primary amides is 1. The van der Waals surface area contributed by atoms with E-state index < -0.39 is 11.3 Å². The van der Waals surface area contributed by atoms with Crippen LogP contribution in [-0.4, -0.2) is 11.3 Å². The minimum absolute atomic E-state index is 0. The third kappa shape index (κ3) is 5.59.